The number of hydrogen-bond acceptors (Lipinski definition) is 7. The minimum absolute atomic E-state index is 0.0890. The molecule has 10 heteroatoms. The van der Waals surface area contributed by atoms with Gasteiger partial charge in [-0.05, 0) is 40.3 Å². The van der Waals surface area contributed by atoms with Gasteiger partial charge in [-0.1, -0.05) is 40.5 Å². The van der Waals surface area contributed by atoms with Crippen molar-refractivity contribution < 1.29 is 28.3 Å². The second-order valence-corrected chi connectivity index (χ2v) is 7.20. The Morgan fingerprint density at radius 3 is 2.72 bits per heavy atom. The molecule has 2 aromatic rings. The van der Waals surface area contributed by atoms with Crippen LogP contribution in [0.4, 0.5) is 4.39 Å². The Morgan fingerprint density at radius 2 is 1.97 bits per heavy atom. The number of hydrogen-bond donors (Lipinski definition) is 1. The van der Waals surface area contributed by atoms with Crippen molar-refractivity contribution >= 4 is 26.6 Å². The Bertz CT molecular complexity index is 1140. The highest BCUT2D eigenvalue weighted by Crippen LogP contribution is 2.43. The minimum Gasteiger partial charge on any atom is -0.420 e. The van der Waals surface area contributed by atoms with E-state index in [-0.39, 0.29) is 24.0 Å². The van der Waals surface area contributed by atoms with E-state index in [9.17, 15) is 9.18 Å². The molecular weight excluding hydrogens is 436 g/mol. The second-order valence-electron chi connectivity index (χ2n) is 6.51. The maximum absolute atomic E-state index is 13.7. The van der Waals surface area contributed by atoms with Gasteiger partial charge in [-0.2, -0.15) is 4.39 Å². The van der Waals surface area contributed by atoms with Crippen molar-refractivity contribution in [3.8, 4) is 23.3 Å². The molecule has 0 bridgehead atoms. The predicted octanol–water partition coefficient (Wildman–Crippen LogP) is 2.95. The number of halogens is 1. The van der Waals surface area contributed by atoms with E-state index < -0.39 is 5.78 Å². The monoisotopic (exact) mass is 457 g/mol. The summed E-state index contributed by atoms with van der Waals surface area (Å²) in [6.45, 7) is 1.77. The summed E-state index contributed by atoms with van der Waals surface area (Å²) in [6, 6.07) is 12.0. The molecule has 0 aliphatic carbocycles. The lowest BCUT2D eigenvalue weighted by Crippen LogP contribution is -2.29. The molecular formula is C22H21FN3O5P. The molecule has 1 N–H and O–H groups in total. The molecule has 2 unspecified atom stereocenters. The zero-order valence-corrected chi connectivity index (χ0v) is 18.8. The Hall–Kier alpha value is -3.63. The average molecular weight is 457 g/mol. The van der Waals surface area contributed by atoms with Gasteiger partial charge in [0.15, 0.2) is 17.2 Å². The summed E-state index contributed by atoms with van der Waals surface area (Å²) in [6.07, 6.45) is 0. The van der Waals surface area contributed by atoms with Crippen LogP contribution in [-0.4, -0.2) is 37.3 Å². The number of amides is 1. The van der Waals surface area contributed by atoms with E-state index in [1.165, 1.54) is 14.2 Å². The van der Waals surface area contributed by atoms with Gasteiger partial charge in [-0.15, -0.1) is 0 Å². The topological polar surface area (TPSA) is 90.7 Å². The molecule has 0 saturated heterocycles. The van der Waals surface area contributed by atoms with Crippen molar-refractivity contribution in [1.82, 2.24) is 5.32 Å². The molecule has 1 aliphatic rings. The molecule has 32 heavy (non-hydrogen) atoms. The molecule has 0 fully saturated rings. The number of ether oxygens (including phenoxy) is 2. The molecule has 166 valence electrons. The maximum atomic E-state index is 13.7. The van der Waals surface area contributed by atoms with Crippen LogP contribution in [0.5, 0.6) is 11.5 Å². The lowest BCUT2D eigenvalue weighted by atomic mass is 10.0. The molecule has 8 nitrogen and oxygen atoms in total. The largest absolute Gasteiger partial charge is 0.420 e. The number of carbonyl (C=O) groups is 1. The smallest absolute Gasteiger partial charge is 0.418 e. The number of benzene rings is 2. The first kappa shape index (κ1) is 23.0. The van der Waals surface area contributed by atoms with Gasteiger partial charge in [0.05, 0.1) is 0 Å². The standard InChI is InChI=1S/C22H21FN3O5P/c1-14(8-9-15-10-11-18-19(12-15)31-22(23,32)30-18)25-29-13-16-6-4-5-7-17(16)20(26-28-3)21(27)24-2/h4-7,10-12H,13,32H2,1-3H3,(H,24,27)/b25-14+,26-20+. The first-order chi connectivity index (χ1) is 15.3. The Kier molecular flexibility index (Phi) is 7.29. The first-order valence-corrected chi connectivity index (χ1v) is 10.0. The zero-order valence-electron chi connectivity index (χ0n) is 17.6. The number of alkyl halides is 1. The van der Waals surface area contributed by atoms with Crippen LogP contribution < -0.4 is 14.8 Å². The summed E-state index contributed by atoms with van der Waals surface area (Å²) in [5.74, 6) is 3.67. The molecule has 0 spiro atoms. The van der Waals surface area contributed by atoms with E-state index in [0.29, 0.717) is 28.2 Å². The van der Waals surface area contributed by atoms with Crippen molar-refractivity contribution in [3.63, 3.8) is 0 Å². The third kappa shape index (κ3) is 5.74. The van der Waals surface area contributed by atoms with Gasteiger partial charge in [0.2, 0.25) is 0 Å². The van der Waals surface area contributed by atoms with E-state index in [1.807, 2.05) is 15.3 Å². The van der Waals surface area contributed by atoms with Crippen LogP contribution in [-0.2, 0) is 21.1 Å². The Labute approximate surface area is 186 Å². The summed E-state index contributed by atoms with van der Waals surface area (Å²) >= 11 is 0. The number of fused-ring (bicyclic) bond motifs is 1. The van der Waals surface area contributed by atoms with Crippen LogP contribution in [0.1, 0.15) is 23.6 Å². The first-order valence-electron chi connectivity index (χ1n) is 9.43. The van der Waals surface area contributed by atoms with Crippen LogP contribution in [0.15, 0.2) is 52.8 Å². The van der Waals surface area contributed by atoms with Crippen LogP contribution in [0.25, 0.3) is 0 Å². The van der Waals surface area contributed by atoms with E-state index >= 15 is 0 Å². The number of rotatable bonds is 6. The van der Waals surface area contributed by atoms with Crippen LogP contribution in [0.3, 0.4) is 0 Å². The van der Waals surface area contributed by atoms with Crippen molar-refractivity contribution in [2.45, 2.75) is 19.3 Å². The van der Waals surface area contributed by atoms with Gasteiger partial charge in [-0.25, -0.2) is 0 Å². The van der Waals surface area contributed by atoms with Gasteiger partial charge in [0.25, 0.3) is 5.91 Å². The fourth-order valence-electron chi connectivity index (χ4n) is 2.75. The number of likely N-dealkylation sites (N-methyl/N-ethyl adjacent to an activating group) is 1. The van der Waals surface area contributed by atoms with E-state index in [2.05, 4.69) is 27.5 Å². The molecule has 1 amide bonds. The molecule has 0 saturated carbocycles. The highest BCUT2D eigenvalue weighted by atomic mass is 31.0. The van der Waals surface area contributed by atoms with Gasteiger partial charge in [0.1, 0.15) is 19.4 Å². The average Bonchev–Trinajstić information content (AvgIpc) is 3.09. The predicted molar refractivity (Wildman–Crippen MR) is 120 cm³/mol. The normalized spacial score (nSPS) is 17.3. The summed E-state index contributed by atoms with van der Waals surface area (Å²) in [7, 11) is 4.72. The molecule has 0 aromatic heterocycles. The lowest BCUT2D eigenvalue weighted by molar-refractivity contribution is -0.114. The van der Waals surface area contributed by atoms with Crippen LogP contribution >= 0.6 is 9.24 Å². The highest BCUT2D eigenvalue weighted by Gasteiger charge is 2.36. The van der Waals surface area contributed by atoms with E-state index in [4.69, 9.17) is 19.1 Å². The molecule has 0 radical (unpaired) electrons. The molecule has 2 atom stereocenters. The van der Waals surface area contributed by atoms with Gasteiger partial charge in [-0.3, -0.25) is 4.79 Å². The van der Waals surface area contributed by atoms with Crippen molar-refractivity contribution in [2.24, 2.45) is 10.3 Å². The summed E-state index contributed by atoms with van der Waals surface area (Å²) in [5.41, 5.74) is 2.40. The quantitative estimate of drug-likeness (QED) is 0.312. The van der Waals surface area contributed by atoms with E-state index in [1.54, 1.807) is 43.3 Å². The Morgan fingerprint density at radius 1 is 1.22 bits per heavy atom. The summed E-state index contributed by atoms with van der Waals surface area (Å²) in [5, 5.41) is 10.3. The summed E-state index contributed by atoms with van der Waals surface area (Å²) < 4.78 is 23.7. The van der Waals surface area contributed by atoms with Crippen LogP contribution in [0.2, 0.25) is 0 Å². The highest BCUT2D eigenvalue weighted by molar-refractivity contribution is 7.18. The SMILES string of the molecule is CNC(=O)/C(=N/OC)c1ccccc1CO/N=C(\C)C#Cc1ccc2c(c1)OC(F)(P)O2. The van der Waals surface area contributed by atoms with Crippen molar-refractivity contribution in [3.05, 3.63) is 59.2 Å². The molecule has 1 aliphatic heterocycles. The fourth-order valence-corrected chi connectivity index (χ4v) is 3.01. The maximum Gasteiger partial charge on any atom is 0.418 e. The fraction of sp³-hybridized carbons (Fsp3) is 0.227. The number of oxime groups is 2. The van der Waals surface area contributed by atoms with Crippen LogP contribution in [0, 0.1) is 11.8 Å². The lowest BCUT2D eigenvalue weighted by Gasteiger charge is -2.10. The van der Waals surface area contributed by atoms with Gasteiger partial charge in [0, 0.05) is 23.7 Å². The van der Waals surface area contributed by atoms with E-state index in [0.717, 1.165) is 0 Å². The molecule has 2 aromatic carbocycles. The van der Waals surface area contributed by atoms with Gasteiger partial charge < -0.3 is 24.5 Å². The minimum atomic E-state index is -2.26. The third-order valence-electron chi connectivity index (χ3n) is 4.15. The van der Waals surface area contributed by atoms with Gasteiger partial charge >= 0.3 is 5.78 Å². The Balaban J connectivity index is 1.68. The van der Waals surface area contributed by atoms with Crippen molar-refractivity contribution in [1.29, 1.82) is 0 Å². The number of nitrogens with one attached hydrogen (secondary N) is 1. The number of carbonyl (C=O) groups excluding carboxylic acids is 1. The zero-order chi connectivity index (χ0) is 23.1. The third-order valence-corrected chi connectivity index (χ3v) is 4.38. The number of nitrogens with zero attached hydrogens (tertiary/aromatic N) is 2. The molecule has 1 heterocycles. The second kappa shape index (κ2) is 10.1. The van der Waals surface area contributed by atoms with Crippen molar-refractivity contribution in [2.75, 3.05) is 14.2 Å². The molecule has 3 rings (SSSR count). The summed E-state index contributed by atoms with van der Waals surface area (Å²) in [4.78, 5) is 22.3.